The van der Waals surface area contributed by atoms with Gasteiger partial charge < -0.3 is 0 Å². The lowest BCUT2D eigenvalue weighted by Gasteiger charge is -2.13. The topological polar surface area (TPSA) is 12.9 Å². The molecule has 0 radical (unpaired) electrons. The van der Waals surface area contributed by atoms with Gasteiger partial charge in [0, 0.05) is 34.0 Å². The second kappa shape index (κ2) is 7.08. The average molecular weight is 361 g/mol. The lowest BCUT2D eigenvalue weighted by atomic mass is 9.95. The molecule has 1 nitrogen and oxygen atoms in total. The normalized spacial score (nSPS) is 10.8. The maximum absolute atomic E-state index is 14.5. The van der Waals surface area contributed by atoms with Crippen LogP contribution >= 0.6 is 0 Å². The Balaban J connectivity index is 2.00. The fourth-order valence-electron chi connectivity index (χ4n) is 3.06. The lowest BCUT2D eigenvalue weighted by Crippen LogP contribution is -1.96. The van der Waals surface area contributed by atoms with Gasteiger partial charge in [-0.1, -0.05) is 48.5 Å². The van der Waals surface area contributed by atoms with Gasteiger partial charge in [-0.15, -0.1) is 0 Å². The molecular weight excluding hydrogens is 347 g/mol. The summed E-state index contributed by atoms with van der Waals surface area (Å²) in [7, 11) is 0. The molecule has 4 rings (SSSR count). The quantitative estimate of drug-likeness (QED) is 0.406. The van der Waals surface area contributed by atoms with Crippen molar-refractivity contribution in [2.24, 2.45) is 0 Å². The van der Waals surface area contributed by atoms with Crippen molar-refractivity contribution in [3.63, 3.8) is 0 Å². The number of rotatable bonds is 3. The highest BCUT2D eigenvalue weighted by Crippen LogP contribution is 2.36. The first-order valence-corrected chi connectivity index (χ1v) is 8.40. The molecule has 0 N–H and O–H groups in total. The van der Waals surface area contributed by atoms with Gasteiger partial charge in [-0.25, -0.2) is 13.2 Å². The summed E-state index contributed by atoms with van der Waals surface area (Å²) in [6.07, 6.45) is 1.48. The Labute approximate surface area is 154 Å². The van der Waals surface area contributed by atoms with Crippen LogP contribution in [0.25, 0.3) is 33.5 Å². The van der Waals surface area contributed by atoms with Gasteiger partial charge in [0.15, 0.2) is 0 Å². The van der Waals surface area contributed by atoms with Gasteiger partial charge in [0.2, 0.25) is 0 Å². The van der Waals surface area contributed by atoms with Crippen LogP contribution in [0.1, 0.15) is 0 Å². The largest absolute Gasteiger partial charge is 0.255 e. The Hall–Kier alpha value is -3.40. The van der Waals surface area contributed by atoms with E-state index in [1.807, 2.05) is 0 Å². The molecule has 0 fully saturated rings. The van der Waals surface area contributed by atoms with Crippen molar-refractivity contribution in [2.45, 2.75) is 0 Å². The minimum absolute atomic E-state index is 0.260. The van der Waals surface area contributed by atoms with Gasteiger partial charge in [0.25, 0.3) is 0 Å². The van der Waals surface area contributed by atoms with Crippen LogP contribution in [0.3, 0.4) is 0 Å². The van der Waals surface area contributed by atoms with Gasteiger partial charge in [-0.2, -0.15) is 0 Å². The summed E-state index contributed by atoms with van der Waals surface area (Å²) in [6, 6.07) is 20.3. The van der Waals surface area contributed by atoms with Crippen LogP contribution in [0.15, 0.2) is 85.1 Å². The standard InChI is InChI=1S/C23H14F3N/c24-20-10-4-1-7-16(20)15-13-19(17-8-2-5-11-21(17)25)23(27-14-15)18-9-3-6-12-22(18)26/h1-14H. The van der Waals surface area contributed by atoms with Crippen molar-refractivity contribution in [2.75, 3.05) is 0 Å². The zero-order valence-electron chi connectivity index (χ0n) is 14.2. The zero-order chi connectivity index (χ0) is 18.8. The van der Waals surface area contributed by atoms with E-state index in [4.69, 9.17) is 0 Å². The zero-order valence-corrected chi connectivity index (χ0v) is 14.2. The van der Waals surface area contributed by atoms with Crippen LogP contribution in [0.5, 0.6) is 0 Å². The molecule has 1 heterocycles. The Kier molecular flexibility index (Phi) is 4.47. The molecule has 0 aliphatic carbocycles. The summed E-state index contributed by atoms with van der Waals surface area (Å²) in [5.41, 5.74) is 2.09. The molecule has 3 aromatic carbocycles. The molecule has 0 saturated carbocycles. The van der Waals surface area contributed by atoms with E-state index in [2.05, 4.69) is 4.98 Å². The van der Waals surface area contributed by atoms with Crippen molar-refractivity contribution in [3.8, 4) is 33.5 Å². The highest BCUT2D eigenvalue weighted by molar-refractivity contribution is 5.84. The van der Waals surface area contributed by atoms with E-state index >= 15 is 0 Å². The third-order valence-corrected chi connectivity index (χ3v) is 4.37. The molecule has 0 spiro atoms. The van der Waals surface area contributed by atoms with Crippen molar-refractivity contribution < 1.29 is 13.2 Å². The Morgan fingerprint density at radius 3 is 1.56 bits per heavy atom. The SMILES string of the molecule is Fc1ccccc1-c1cnc(-c2ccccc2F)c(-c2ccccc2F)c1. The van der Waals surface area contributed by atoms with Gasteiger partial charge >= 0.3 is 0 Å². The number of hydrogen-bond acceptors (Lipinski definition) is 1. The van der Waals surface area contributed by atoms with E-state index in [1.165, 1.54) is 24.4 Å². The minimum atomic E-state index is -0.457. The number of pyridine rings is 1. The van der Waals surface area contributed by atoms with Crippen LogP contribution in [0.4, 0.5) is 13.2 Å². The van der Waals surface area contributed by atoms with Crippen molar-refractivity contribution in [1.82, 2.24) is 4.98 Å². The van der Waals surface area contributed by atoms with Crippen LogP contribution in [-0.2, 0) is 0 Å². The third kappa shape index (κ3) is 3.22. The number of benzene rings is 3. The molecule has 0 unspecified atom stereocenters. The summed E-state index contributed by atoms with van der Waals surface area (Å²) >= 11 is 0. The lowest BCUT2D eigenvalue weighted by molar-refractivity contribution is 0.628. The van der Waals surface area contributed by atoms with E-state index in [0.29, 0.717) is 22.4 Å². The van der Waals surface area contributed by atoms with Crippen LogP contribution in [0, 0.1) is 17.5 Å². The average Bonchev–Trinajstić information content (AvgIpc) is 2.69. The smallest absolute Gasteiger partial charge is 0.132 e. The summed E-state index contributed by atoms with van der Waals surface area (Å²) < 4.78 is 43.1. The molecule has 4 heteroatoms. The van der Waals surface area contributed by atoms with Gasteiger partial charge in [0.05, 0.1) is 5.69 Å². The predicted molar refractivity (Wildman–Crippen MR) is 100 cm³/mol. The molecule has 1 aromatic heterocycles. The molecule has 0 amide bonds. The first kappa shape index (κ1) is 17.0. The van der Waals surface area contributed by atoms with E-state index in [-0.39, 0.29) is 11.1 Å². The maximum atomic E-state index is 14.5. The van der Waals surface area contributed by atoms with E-state index in [9.17, 15) is 13.2 Å². The summed E-state index contributed by atoms with van der Waals surface area (Å²) in [4.78, 5) is 4.37. The molecule has 0 aliphatic heterocycles. The van der Waals surface area contributed by atoms with Gasteiger partial charge in [-0.3, -0.25) is 4.98 Å². The molecule has 0 aliphatic rings. The molecule has 0 bridgehead atoms. The second-order valence-corrected chi connectivity index (χ2v) is 6.06. The summed E-state index contributed by atoms with van der Waals surface area (Å²) in [5, 5.41) is 0. The highest BCUT2D eigenvalue weighted by Gasteiger charge is 2.17. The fourth-order valence-corrected chi connectivity index (χ4v) is 3.06. The monoisotopic (exact) mass is 361 g/mol. The molecule has 0 saturated heterocycles. The van der Waals surface area contributed by atoms with Crippen LogP contribution in [0.2, 0.25) is 0 Å². The molecule has 27 heavy (non-hydrogen) atoms. The molecule has 4 aromatic rings. The first-order valence-electron chi connectivity index (χ1n) is 8.40. The Morgan fingerprint density at radius 2 is 1.00 bits per heavy atom. The van der Waals surface area contributed by atoms with E-state index in [0.717, 1.165) is 0 Å². The van der Waals surface area contributed by atoms with Crippen molar-refractivity contribution in [3.05, 3.63) is 103 Å². The van der Waals surface area contributed by atoms with Crippen molar-refractivity contribution >= 4 is 0 Å². The Bertz CT molecular complexity index is 1120. The van der Waals surface area contributed by atoms with E-state index < -0.39 is 17.5 Å². The second-order valence-electron chi connectivity index (χ2n) is 6.06. The van der Waals surface area contributed by atoms with Gasteiger partial charge in [-0.05, 0) is 30.3 Å². The molecular formula is C23H14F3N. The van der Waals surface area contributed by atoms with Crippen LogP contribution in [-0.4, -0.2) is 4.98 Å². The predicted octanol–water partition coefficient (Wildman–Crippen LogP) is 6.50. The van der Waals surface area contributed by atoms with E-state index in [1.54, 1.807) is 60.7 Å². The van der Waals surface area contributed by atoms with Gasteiger partial charge in [0.1, 0.15) is 17.5 Å². The summed E-state index contributed by atoms with van der Waals surface area (Å²) in [6.45, 7) is 0. The Morgan fingerprint density at radius 1 is 0.519 bits per heavy atom. The first-order chi connectivity index (χ1) is 13.1. The summed E-state index contributed by atoms with van der Waals surface area (Å²) in [5.74, 6) is -1.32. The third-order valence-electron chi connectivity index (χ3n) is 4.37. The number of hydrogen-bond donors (Lipinski definition) is 0. The maximum Gasteiger partial charge on any atom is 0.132 e. The number of nitrogens with zero attached hydrogens (tertiary/aromatic N) is 1. The molecule has 0 atom stereocenters. The highest BCUT2D eigenvalue weighted by atomic mass is 19.1. The fraction of sp³-hybridized carbons (Fsp3) is 0. The minimum Gasteiger partial charge on any atom is -0.255 e. The van der Waals surface area contributed by atoms with Crippen molar-refractivity contribution in [1.29, 1.82) is 0 Å². The molecule has 132 valence electrons. The van der Waals surface area contributed by atoms with Crippen LogP contribution < -0.4 is 0 Å². The number of aromatic nitrogens is 1. The number of halogens is 3.